The first kappa shape index (κ1) is 9.65. The molecule has 1 aliphatic heterocycles. The quantitative estimate of drug-likeness (QED) is 0.829. The minimum atomic E-state index is 0.461. The van der Waals surface area contributed by atoms with E-state index in [1.54, 1.807) is 7.11 Å². The van der Waals surface area contributed by atoms with Crippen LogP contribution in [-0.4, -0.2) is 31.2 Å². The first-order valence-electron chi connectivity index (χ1n) is 4.27. The molecule has 72 valence electrons. The molecular weight excluding hydrogens is 250 g/mol. The van der Waals surface area contributed by atoms with Crippen molar-refractivity contribution in [3.63, 3.8) is 0 Å². The number of rotatable bonds is 3. The summed E-state index contributed by atoms with van der Waals surface area (Å²) in [5, 5.41) is 0. The fourth-order valence-electron chi connectivity index (χ4n) is 1.46. The van der Waals surface area contributed by atoms with Crippen LogP contribution in [0.2, 0.25) is 0 Å². The standard InChI is InChI=1S/C9H12BrNOS/c1-12-7-4-11(5-7)6-8-2-3-9(10)13-8/h2-3,7H,4-6H2,1H3. The van der Waals surface area contributed by atoms with Crippen LogP contribution in [0.3, 0.4) is 0 Å². The van der Waals surface area contributed by atoms with Gasteiger partial charge in [0.25, 0.3) is 0 Å². The van der Waals surface area contributed by atoms with Crippen LogP contribution < -0.4 is 0 Å². The molecule has 0 unspecified atom stereocenters. The predicted molar refractivity (Wildman–Crippen MR) is 58.1 cm³/mol. The molecule has 2 nitrogen and oxygen atoms in total. The maximum absolute atomic E-state index is 5.21. The summed E-state index contributed by atoms with van der Waals surface area (Å²) in [5.41, 5.74) is 0. The third-order valence-electron chi connectivity index (χ3n) is 2.27. The van der Waals surface area contributed by atoms with Gasteiger partial charge in [0.1, 0.15) is 0 Å². The number of ether oxygens (including phenoxy) is 1. The van der Waals surface area contributed by atoms with Gasteiger partial charge in [-0.25, -0.2) is 0 Å². The zero-order valence-corrected chi connectivity index (χ0v) is 9.90. The highest BCUT2D eigenvalue weighted by molar-refractivity contribution is 9.11. The minimum absolute atomic E-state index is 0.461. The number of thiophene rings is 1. The number of halogens is 1. The molecule has 1 aromatic rings. The van der Waals surface area contributed by atoms with Gasteiger partial charge in [-0.1, -0.05) is 0 Å². The summed E-state index contributed by atoms with van der Waals surface area (Å²) in [5.74, 6) is 0. The van der Waals surface area contributed by atoms with E-state index in [1.807, 2.05) is 11.3 Å². The van der Waals surface area contributed by atoms with Gasteiger partial charge < -0.3 is 4.74 Å². The predicted octanol–water partition coefficient (Wildman–Crippen LogP) is 2.34. The number of likely N-dealkylation sites (tertiary alicyclic amines) is 1. The molecule has 0 radical (unpaired) electrons. The monoisotopic (exact) mass is 261 g/mol. The van der Waals surface area contributed by atoms with Gasteiger partial charge in [-0.2, -0.15) is 0 Å². The fraction of sp³-hybridized carbons (Fsp3) is 0.556. The van der Waals surface area contributed by atoms with Crippen LogP contribution in [0.1, 0.15) is 4.88 Å². The zero-order chi connectivity index (χ0) is 9.26. The molecule has 2 heterocycles. The van der Waals surface area contributed by atoms with Gasteiger partial charge in [0.2, 0.25) is 0 Å². The van der Waals surface area contributed by atoms with Crippen molar-refractivity contribution >= 4 is 27.3 Å². The molecule has 0 atom stereocenters. The Morgan fingerprint density at radius 3 is 2.92 bits per heavy atom. The Labute approximate surface area is 90.6 Å². The van der Waals surface area contributed by atoms with Crippen molar-refractivity contribution in [2.75, 3.05) is 20.2 Å². The van der Waals surface area contributed by atoms with Gasteiger partial charge in [-0.15, -0.1) is 11.3 Å². The summed E-state index contributed by atoms with van der Waals surface area (Å²) >= 11 is 5.27. The highest BCUT2D eigenvalue weighted by Gasteiger charge is 2.26. The molecule has 0 bridgehead atoms. The van der Waals surface area contributed by atoms with E-state index in [9.17, 15) is 0 Å². The van der Waals surface area contributed by atoms with E-state index in [0.717, 1.165) is 19.6 Å². The average Bonchev–Trinajstić information content (AvgIpc) is 2.43. The summed E-state index contributed by atoms with van der Waals surface area (Å²) in [6.07, 6.45) is 0.461. The maximum atomic E-state index is 5.21. The Kier molecular flexibility index (Phi) is 3.03. The second-order valence-electron chi connectivity index (χ2n) is 3.26. The van der Waals surface area contributed by atoms with E-state index in [4.69, 9.17) is 4.74 Å². The van der Waals surface area contributed by atoms with Crippen LogP contribution in [0.4, 0.5) is 0 Å². The highest BCUT2D eigenvalue weighted by Crippen LogP contribution is 2.25. The Morgan fingerprint density at radius 1 is 1.62 bits per heavy atom. The largest absolute Gasteiger partial charge is 0.379 e. The van der Waals surface area contributed by atoms with Gasteiger partial charge in [0.05, 0.1) is 9.89 Å². The Balaban J connectivity index is 1.81. The lowest BCUT2D eigenvalue weighted by atomic mass is 10.1. The minimum Gasteiger partial charge on any atom is -0.379 e. The molecule has 0 amide bonds. The normalized spacial score (nSPS) is 18.9. The molecule has 1 saturated heterocycles. The van der Waals surface area contributed by atoms with Crippen LogP contribution in [0.15, 0.2) is 15.9 Å². The van der Waals surface area contributed by atoms with Gasteiger partial charge in [-0.05, 0) is 28.1 Å². The molecule has 1 aliphatic rings. The first-order valence-corrected chi connectivity index (χ1v) is 5.88. The van der Waals surface area contributed by atoms with E-state index in [1.165, 1.54) is 8.66 Å². The summed E-state index contributed by atoms with van der Waals surface area (Å²) in [6.45, 7) is 3.22. The molecule has 4 heteroatoms. The van der Waals surface area contributed by atoms with Gasteiger partial charge in [0.15, 0.2) is 0 Å². The summed E-state index contributed by atoms with van der Waals surface area (Å²) in [6, 6.07) is 4.28. The summed E-state index contributed by atoms with van der Waals surface area (Å²) < 4.78 is 6.43. The van der Waals surface area contributed by atoms with Gasteiger partial charge >= 0.3 is 0 Å². The van der Waals surface area contributed by atoms with E-state index in [-0.39, 0.29) is 0 Å². The Bertz CT molecular complexity index is 283. The number of methoxy groups -OCH3 is 1. The molecule has 1 fully saturated rings. The fourth-order valence-corrected chi connectivity index (χ4v) is 2.98. The van der Waals surface area contributed by atoms with Crippen molar-refractivity contribution in [3.8, 4) is 0 Å². The SMILES string of the molecule is COC1CN(Cc2ccc(Br)s2)C1. The first-order chi connectivity index (χ1) is 6.28. The lowest BCUT2D eigenvalue weighted by Gasteiger charge is -2.37. The van der Waals surface area contributed by atoms with Crippen molar-refractivity contribution in [2.24, 2.45) is 0 Å². The molecule has 0 spiro atoms. The number of hydrogen-bond acceptors (Lipinski definition) is 3. The maximum Gasteiger partial charge on any atom is 0.0825 e. The van der Waals surface area contributed by atoms with E-state index in [0.29, 0.717) is 6.10 Å². The topological polar surface area (TPSA) is 12.5 Å². The van der Waals surface area contributed by atoms with Crippen molar-refractivity contribution in [1.29, 1.82) is 0 Å². The molecule has 0 aliphatic carbocycles. The highest BCUT2D eigenvalue weighted by atomic mass is 79.9. The summed E-state index contributed by atoms with van der Waals surface area (Å²) in [7, 11) is 1.78. The van der Waals surface area contributed by atoms with Gasteiger partial charge in [0, 0.05) is 31.6 Å². The van der Waals surface area contributed by atoms with Crippen molar-refractivity contribution in [1.82, 2.24) is 4.90 Å². The van der Waals surface area contributed by atoms with Crippen LogP contribution in [0, 0.1) is 0 Å². The molecular formula is C9H12BrNOS. The van der Waals surface area contributed by atoms with Crippen molar-refractivity contribution < 1.29 is 4.74 Å². The second kappa shape index (κ2) is 4.09. The van der Waals surface area contributed by atoms with Gasteiger partial charge in [-0.3, -0.25) is 4.90 Å². The van der Waals surface area contributed by atoms with E-state index < -0.39 is 0 Å². The molecule has 0 N–H and O–H groups in total. The van der Waals surface area contributed by atoms with Crippen molar-refractivity contribution in [3.05, 3.63) is 20.8 Å². The summed E-state index contributed by atoms with van der Waals surface area (Å²) in [4.78, 5) is 3.81. The lowest BCUT2D eigenvalue weighted by Crippen LogP contribution is -2.50. The van der Waals surface area contributed by atoms with Crippen molar-refractivity contribution in [2.45, 2.75) is 12.6 Å². The number of nitrogens with zero attached hydrogens (tertiary/aromatic N) is 1. The lowest BCUT2D eigenvalue weighted by molar-refractivity contribution is -0.0329. The molecule has 13 heavy (non-hydrogen) atoms. The van der Waals surface area contributed by atoms with E-state index in [2.05, 4.69) is 33.0 Å². The van der Waals surface area contributed by atoms with Crippen LogP contribution >= 0.6 is 27.3 Å². The Morgan fingerprint density at radius 2 is 2.38 bits per heavy atom. The van der Waals surface area contributed by atoms with Crippen LogP contribution in [0.5, 0.6) is 0 Å². The second-order valence-corrected chi connectivity index (χ2v) is 5.81. The number of hydrogen-bond donors (Lipinski definition) is 0. The zero-order valence-electron chi connectivity index (χ0n) is 7.50. The molecule has 0 aromatic carbocycles. The van der Waals surface area contributed by atoms with Crippen LogP contribution in [-0.2, 0) is 11.3 Å². The molecule has 2 rings (SSSR count). The molecule has 1 aromatic heterocycles. The average molecular weight is 262 g/mol. The molecule has 0 saturated carbocycles. The third kappa shape index (κ3) is 2.31. The Hall–Kier alpha value is 0.1000. The smallest absolute Gasteiger partial charge is 0.0825 e. The van der Waals surface area contributed by atoms with E-state index >= 15 is 0 Å². The third-order valence-corrected chi connectivity index (χ3v) is 3.87. The van der Waals surface area contributed by atoms with Crippen LogP contribution in [0.25, 0.3) is 0 Å².